The lowest BCUT2D eigenvalue weighted by Gasteiger charge is -2.11. The molecule has 24 heavy (non-hydrogen) atoms. The molecular weight excluding hydrogens is 356 g/mol. The number of anilines is 2. The van der Waals surface area contributed by atoms with Crippen LogP contribution in [0.5, 0.6) is 0 Å². The van der Waals surface area contributed by atoms with Gasteiger partial charge in [-0.25, -0.2) is 9.52 Å². The number of carbonyl (C=O) groups is 2. The van der Waals surface area contributed by atoms with Gasteiger partial charge in [-0.05, 0) is 36.4 Å². The number of amides is 3. The van der Waals surface area contributed by atoms with Crippen molar-refractivity contribution in [1.29, 1.82) is 0 Å². The standard InChI is InChI=1S/C14H13ClN4O4S/c15-10-4-2-5-11(8-10)17-14(21)19-24(22,23)18-12-6-1-3-9(7-12)13(16)20/h1-8,18H,(H2,16,20)(H2,17,19,21). The van der Waals surface area contributed by atoms with E-state index in [4.69, 9.17) is 17.3 Å². The number of primary amides is 1. The highest BCUT2D eigenvalue weighted by Crippen LogP contribution is 2.15. The van der Waals surface area contributed by atoms with Crippen molar-refractivity contribution in [3.05, 3.63) is 59.1 Å². The van der Waals surface area contributed by atoms with Gasteiger partial charge in [-0.15, -0.1) is 0 Å². The summed E-state index contributed by atoms with van der Waals surface area (Å²) in [6.07, 6.45) is 0. The van der Waals surface area contributed by atoms with E-state index in [1.807, 2.05) is 0 Å². The van der Waals surface area contributed by atoms with Crippen LogP contribution in [-0.2, 0) is 10.2 Å². The predicted molar refractivity (Wildman–Crippen MR) is 91.1 cm³/mol. The Hall–Kier alpha value is -2.78. The molecule has 0 saturated heterocycles. The molecule has 0 aliphatic heterocycles. The number of benzene rings is 2. The maximum Gasteiger partial charge on any atom is 0.334 e. The third-order valence-corrected chi connectivity index (χ3v) is 3.90. The first kappa shape index (κ1) is 17.6. The minimum absolute atomic E-state index is 0.0781. The third kappa shape index (κ3) is 5.14. The Morgan fingerprint density at radius 2 is 1.67 bits per heavy atom. The van der Waals surface area contributed by atoms with Gasteiger partial charge < -0.3 is 11.1 Å². The van der Waals surface area contributed by atoms with Crippen LogP contribution in [0.1, 0.15) is 10.4 Å². The van der Waals surface area contributed by atoms with E-state index in [1.54, 1.807) is 22.9 Å². The number of halogens is 1. The summed E-state index contributed by atoms with van der Waals surface area (Å²) in [5, 5.41) is 2.71. The fourth-order valence-electron chi connectivity index (χ4n) is 1.76. The van der Waals surface area contributed by atoms with Crippen molar-refractivity contribution in [3.63, 3.8) is 0 Å². The van der Waals surface area contributed by atoms with Gasteiger partial charge in [-0.1, -0.05) is 23.7 Å². The van der Waals surface area contributed by atoms with Gasteiger partial charge in [0.15, 0.2) is 0 Å². The zero-order valence-electron chi connectivity index (χ0n) is 12.1. The van der Waals surface area contributed by atoms with Crippen LogP contribution >= 0.6 is 11.6 Å². The molecule has 0 saturated carbocycles. The maximum absolute atomic E-state index is 11.9. The highest BCUT2D eigenvalue weighted by atomic mass is 35.5. The summed E-state index contributed by atoms with van der Waals surface area (Å²) >= 11 is 5.77. The summed E-state index contributed by atoms with van der Waals surface area (Å²) in [4.78, 5) is 22.8. The van der Waals surface area contributed by atoms with Crippen LogP contribution < -0.4 is 20.5 Å². The summed E-state index contributed by atoms with van der Waals surface area (Å²) in [5.41, 5.74) is 5.65. The number of hydrogen-bond donors (Lipinski definition) is 4. The number of carbonyl (C=O) groups excluding carboxylic acids is 2. The van der Waals surface area contributed by atoms with Crippen molar-refractivity contribution in [2.45, 2.75) is 0 Å². The molecule has 5 N–H and O–H groups in total. The molecule has 3 amide bonds. The van der Waals surface area contributed by atoms with Crippen molar-refractivity contribution in [2.75, 3.05) is 10.0 Å². The topological polar surface area (TPSA) is 130 Å². The Morgan fingerprint density at radius 3 is 2.33 bits per heavy atom. The lowest BCUT2D eigenvalue weighted by atomic mass is 10.2. The van der Waals surface area contributed by atoms with Gasteiger partial charge in [-0.2, -0.15) is 8.42 Å². The smallest absolute Gasteiger partial charge is 0.334 e. The Bertz CT molecular complexity index is 886. The fraction of sp³-hybridized carbons (Fsp3) is 0. The van der Waals surface area contributed by atoms with Gasteiger partial charge in [0.1, 0.15) is 0 Å². The molecule has 0 spiro atoms. The van der Waals surface area contributed by atoms with Crippen molar-refractivity contribution in [3.8, 4) is 0 Å². The highest BCUT2D eigenvalue weighted by molar-refractivity contribution is 7.91. The van der Waals surface area contributed by atoms with E-state index in [2.05, 4.69) is 10.0 Å². The summed E-state index contributed by atoms with van der Waals surface area (Å²) in [6, 6.07) is 10.8. The number of rotatable bonds is 5. The first-order valence-electron chi connectivity index (χ1n) is 6.52. The van der Waals surface area contributed by atoms with Crippen LogP contribution in [0.4, 0.5) is 16.2 Å². The molecule has 0 atom stereocenters. The van der Waals surface area contributed by atoms with Crippen LogP contribution in [-0.4, -0.2) is 20.4 Å². The Balaban J connectivity index is 2.04. The van der Waals surface area contributed by atoms with Gasteiger partial charge in [0.2, 0.25) is 5.91 Å². The largest absolute Gasteiger partial charge is 0.366 e. The second-order valence-corrected chi connectivity index (χ2v) is 6.47. The number of nitrogens with two attached hydrogens (primary N) is 1. The van der Waals surface area contributed by atoms with Gasteiger partial charge in [0.05, 0.1) is 5.69 Å². The van der Waals surface area contributed by atoms with Gasteiger partial charge >= 0.3 is 16.2 Å². The molecular formula is C14H13ClN4O4S. The van der Waals surface area contributed by atoms with E-state index in [0.717, 1.165) is 0 Å². The minimum Gasteiger partial charge on any atom is -0.366 e. The summed E-state index contributed by atoms with van der Waals surface area (Å²) in [6.45, 7) is 0. The molecule has 2 aromatic rings. The molecule has 0 radical (unpaired) electrons. The molecule has 2 rings (SSSR count). The van der Waals surface area contributed by atoms with Crippen molar-refractivity contribution in [2.24, 2.45) is 5.73 Å². The van der Waals surface area contributed by atoms with E-state index in [-0.39, 0.29) is 11.3 Å². The molecule has 10 heteroatoms. The molecule has 0 fully saturated rings. The van der Waals surface area contributed by atoms with Crippen molar-refractivity contribution >= 4 is 45.1 Å². The summed E-state index contributed by atoms with van der Waals surface area (Å²) in [5.74, 6) is -0.706. The van der Waals surface area contributed by atoms with Crippen LogP contribution in [0.2, 0.25) is 5.02 Å². The Kier molecular flexibility index (Phi) is 5.27. The van der Waals surface area contributed by atoms with E-state index in [9.17, 15) is 18.0 Å². The molecule has 126 valence electrons. The second-order valence-electron chi connectivity index (χ2n) is 4.62. The molecule has 0 aromatic heterocycles. The number of nitrogens with one attached hydrogen (secondary N) is 3. The fourth-order valence-corrected chi connectivity index (χ4v) is 2.74. The van der Waals surface area contributed by atoms with Crippen LogP contribution in [0.25, 0.3) is 0 Å². The molecule has 0 bridgehead atoms. The van der Waals surface area contributed by atoms with E-state index < -0.39 is 22.1 Å². The molecule has 0 aliphatic rings. The molecule has 8 nitrogen and oxygen atoms in total. The second kappa shape index (κ2) is 7.20. The van der Waals surface area contributed by atoms with Gasteiger partial charge in [-0.3, -0.25) is 9.52 Å². The van der Waals surface area contributed by atoms with Crippen molar-refractivity contribution < 1.29 is 18.0 Å². The van der Waals surface area contributed by atoms with Crippen molar-refractivity contribution in [1.82, 2.24) is 4.72 Å². The molecule has 0 aliphatic carbocycles. The lowest BCUT2D eigenvalue weighted by Crippen LogP contribution is -2.38. The number of hydrogen-bond acceptors (Lipinski definition) is 4. The average molecular weight is 369 g/mol. The lowest BCUT2D eigenvalue weighted by molar-refractivity contribution is 0.1000. The highest BCUT2D eigenvalue weighted by Gasteiger charge is 2.15. The quantitative estimate of drug-likeness (QED) is 0.642. The van der Waals surface area contributed by atoms with Crippen LogP contribution in [0.3, 0.4) is 0 Å². The van der Waals surface area contributed by atoms with Crippen LogP contribution in [0, 0.1) is 0 Å². The van der Waals surface area contributed by atoms with Crippen LogP contribution in [0.15, 0.2) is 48.5 Å². The predicted octanol–water partition coefficient (Wildman–Crippen LogP) is 1.92. The van der Waals surface area contributed by atoms with Gasteiger partial charge in [0, 0.05) is 16.3 Å². The van der Waals surface area contributed by atoms with E-state index >= 15 is 0 Å². The minimum atomic E-state index is -4.20. The third-order valence-electron chi connectivity index (χ3n) is 2.71. The Morgan fingerprint density at radius 1 is 1.00 bits per heavy atom. The monoisotopic (exact) mass is 368 g/mol. The average Bonchev–Trinajstić information content (AvgIpc) is 2.46. The normalized spacial score (nSPS) is 10.7. The molecule has 0 unspecified atom stereocenters. The molecule has 2 aromatic carbocycles. The maximum atomic E-state index is 11.9. The zero-order valence-corrected chi connectivity index (χ0v) is 13.7. The van der Waals surface area contributed by atoms with E-state index in [1.165, 1.54) is 30.3 Å². The first-order chi connectivity index (χ1) is 11.2. The summed E-state index contributed by atoms with van der Waals surface area (Å²) < 4.78 is 27.7. The summed E-state index contributed by atoms with van der Waals surface area (Å²) in [7, 11) is -4.20. The Labute approximate surface area is 143 Å². The van der Waals surface area contributed by atoms with E-state index in [0.29, 0.717) is 10.7 Å². The SMILES string of the molecule is NC(=O)c1cccc(NS(=O)(=O)NC(=O)Nc2cccc(Cl)c2)c1. The zero-order chi connectivity index (χ0) is 17.7. The molecule has 0 heterocycles. The van der Waals surface area contributed by atoms with Gasteiger partial charge in [0.25, 0.3) is 0 Å². The number of urea groups is 1. The first-order valence-corrected chi connectivity index (χ1v) is 8.38.